The number of aromatic nitrogens is 3. The Hall–Kier alpha value is -3.43. The van der Waals surface area contributed by atoms with E-state index in [1.165, 1.54) is 12.1 Å². The van der Waals surface area contributed by atoms with Crippen LogP contribution in [0.4, 0.5) is 18.9 Å². The third-order valence-corrected chi connectivity index (χ3v) is 5.08. The molecule has 1 aliphatic heterocycles. The molecule has 1 aromatic carbocycles. The number of anilines is 1. The number of carbonyl (C=O) groups is 1. The number of rotatable bonds is 5. The van der Waals surface area contributed by atoms with E-state index in [-0.39, 0.29) is 24.2 Å². The second-order valence-corrected chi connectivity index (χ2v) is 7.20. The molecule has 0 spiro atoms. The first-order chi connectivity index (χ1) is 14.3. The summed E-state index contributed by atoms with van der Waals surface area (Å²) in [6, 6.07) is 8.37. The minimum absolute atomic E-state index is 0.154. The molecule has 3 heterocycles. The van der Waals surface area contributed by atoms with Crippen molar-refractivity contribution in [2.75, 3.05) is 11.9 Å². The zero-order chi connectivity index (χ0) is 21.4. The van der Waals surface area contributed by atoms with Crippen molar-refractivity contribution in [1.29, 1.82) is 0 Å². The van der Waals surface area contributed by atoms with Gasteiger partial charge in [-0.15, -0.1) is 10.2 Å². The van der Waals surface area contributed by atoms with Gasteiger partial charge in [-0.2, -0.15) is 13.2 Å². The van der Waals surface area contributed by atoms with E-state index in [1.807, 2.05) is 0 Å². The van der Waals surface area contributed by atoms with Crippen molar-refractivity contribution in [2.24, 2.45) is 0 Å². The van der Waals surface area contributed by atoms with Crippen LogP contribution in [0, 0.1) is 0 Å². The van der Waals surface area contributed by atoms with E-state index in [1.54, 1.807) is 25.3 Å². The van der Waals surface area contributed by atoms with Gasteiger partial charge in [0.05, 0.1) is 11.3 Å². The zero-order valence-corrected chi connectivity index (χ0v) is 16.0. The van der Waals surface area contributed by atoms with Gasteiger partial charge in [-0.1, -0.05) is 12.1 Å². The highest BCUT2D eigenvalue weighted by atomic mass is 19.4. The van der Waals surface area contributed by atoms with E-state index in [0.717, 1.165) is 12.1 Å². The third-order valence-electron chi connectivity index (χ3n) is 5.08. The quantitative estimate of drug-likeness (QED) is 0.660. The SMILES string of the molecule is C[C@]1(c2nnc(-c3ncccc3NCc3ccc(C(F)(F)F)cc3)o2)CCNC1=O. The smallest absolute Gasteiger partial charge is 0.416 e. The van der Waals surface area contributed by atoms with Crippen molar-refractivity contribution in [3.63, 3.8) is 0 Å². The van der Waals surface area contributed by atoms with Crippen molar-refractivity contribution < 1.29 is 22.4 Å². The lowest BCUT2D eigenvalue weighted by Crippen LogP contribution is -2.32. The van der Waals surface area contributed by atoms with Gasteiger partial charge in [-0.05, 0) is 43.2 Å². The Balaban J connectivity index is 1.53. The van der Waals surface area contributed by atoms with Crippen LogP contribution < -0.4 is 10.6 Å². The molecule has 0 unspecified atom stereocenters. The predicted octanol–water partition coefficient (Wildman–Crippen LogP) is 3.54. The van der Waals surface area contributed by atoms with Crippen LogP contribution in [-0.2, 0) is 22.9 Å². The van der Waals surface area contributed by atoms with Crippen molar-refractivity contribution in [1.82, 2.24) is 20.5 Å². The van der Waals surface area contributed by atoms with Crippen LogP contribution in [0.5, 0.6) is 0 Å². The highest BCUT2D eigenvalue weighted by Crippen LogP contribution is 2.33. The van der Waals surface area contributed by atoms with Gasteiger partial charge in [0.25, 0.3) is 5.89 Å². The first-order valence-corrected chi connectivity index (χ1v) is 9.25. The summed E-state index contributed by atoms with van der Waals surface area (Å²) in [4.78, 5) is 16.4. The molecule has 2 N–H and O–H groups in total. The molecule has 1 atom stereocenters. The first-order valence-electron chi connectivity index (χ1n) is 9.25. The van der Waals surface area contributed by atoms with Gasteiger partial charge < -0.3 is 15.1 Å². The number of nitrogens with one attached hydrogen (secondary N) is 2. The Morgan fingerprint density at radius 1 is 1.20 bits per heavy atom. The van der Waals surface area contributed by atoms with E-state index in [4.69, 9.17) is 4.42 Å². The number of hydrogen-bond donors (Lipinski definition) is 2. The number of halogens is 3. The van der Waals surface area contributed by atoms with Gasteiger partial charge in [-0.3, -0.25) is 4.79 Å². The van der Waals surface area contributed by atoms with E-state index in [9.17, 15) is 18.0 Å². The number of alkyl halides is 3. The maximum atomic E-state index is 12.7. The van der Waals surface area contributed by atoms with Crippen molar-refractivity contribution in [2.45, 2.75) is 31.5 Å². The third kappa shape index (κ3) is 3.72. The lowest BCUT2D eigenvalue weighted by atomic mass is 9.89. The van der Waals surface area contributed by atoms with Gasteiger partial charge in [-0.25, -0.2) is 4.98 Å². The molecule has 10 heteroatoms. The fraction of sp³-hybridized carbons (Fsp3) is 0.300. The van der Waals surface area contributed by atoms with Crippen LogP contribution >= 0.6 is 0 Å². The molecule has 0 aliphatic carbocycles. The lowest BCUT2D eigenvalue weighted by molar-refractivity contribution is -0.137. The molecule has 1 aliphatic rings. The summed E-state index contributed by atoms with van der Waals surface area (Å²) < 4.78 is 43.9. The summed E-state index contributed by atoms with van der Waals surface area (Å²) in [5.41, 5.74) is 0.0579. The molecule has 2 aromatic heterocycles. The molecule has 0 radical (unpaired) electrons. The van der Waals surface area contributed by atoms with Crippen LogP contribution in [-0.4, -0.2) is 27.6 Å². The Morgan fingerprint density at radius 2 is 1.97 bits per heavy atom. The van der Waals surface area contributed by atoms with Gasteiger partial charge >= 0.3 is 6.18 Å². The van der Waals surface area contributed by atoms with Crippen molar-refractivity contribution in [3.8, 4) is 11.6 Å². The number of amides is 1. The van der Waals surface area contributed by atoms with E-state index >= 15 is 0 Å². The van der Waals surface area contributed by atoms with Crippen LogP contribution in [0.3, 0.4) is 0 Å². The van der Waals surface area contributed by atoms with Gasteiger partial charge in [0.1, 0.15) is 5.41 Å². The molecular weight excluding hydrogens is 399 g/mol. The highest BCUT2D eigenvalue weighted by molar-refractivity contribution is 5.88. The number of pyridine rings is 1. The molecule has 4 rings (SSSR count). The summed E-state index contributed by atoms with van der Waals surface area (Å²) in [6.45, 7) is 2.56. The standard InChI is InChI=1S/C20H18F3N5O2/c1-19(8-10-25-17(19)29)18-28-27-16(30-18)15-14(3-2-9-24-15)26-11-12-4-6-13(7-5-12)20(21,22)23/h2-7,9,26H,8,10-11H2,1H3,(H,25,29)/t19-/m0/s1. The zero-order valence-electron chi connectivity index (χ0n) is 16.0. The molecule has 0 bridgehead atoms. The minimum Gasteiger partial charge on any atom is -0.418 e. The van der Waals surface area contributed by atoms with Crippen LogP contribution in [0.15, 0.2) is 47.0 Å². The number of nitrogens with zero attached hydrogens (tertiary/aromatic N) is 3. The molecular formula is C20H18F3N5O2. The van der Waals surface area contributed by atoms with E-state index < -0.39 is 17.2 Å². The maximum absolute atomic E-state index is 12.7. The van der Waals surface area contributed by atoms with Crippen LogP contribution in [0.2, 0.25) is 0 Å². The average Bonchev–Trinajstić information content (AvgIpc) is 3.34. The van der Waals surface area contributed by atoms with E-state index in [2.05, 4.69) is 25.8 Å². The fourth-order valence-corrected chi connectivity index (χ4v) is 3.21. The fourth-order valence-electron chi connectivity index (χ4n) is 3.21. The first kappa shape index (κ1) is 19.9. The molecule has 1 saturated heterocycles. The Morgan fingerprint density at radius 3 is 2.63 bits per heavy atom. The summed E-state index contributed by atoms with van der Waals surface area (Å²) in [5, 5.41) is 14.0. The van der Waals surface area contributed by atoms with Gasteiger partial charge in [0.2, 0.25) is 11.8 Å². The Kier molecular flexibility index (Phi) is 4.92. The monoisotopic (exact) mass is 417 g/mol. The maximum Gasteiger partial charge on any atom is 0.416 e. The Bertz CT molecular complexity index is 1060. The number of benzene rings is 1. The highest BCUT2D eigenvalue weighted by Gasteiger charge is 2.44. The van der Waals surface area contributed by atoms with Crippen LogP contribution in [0.1, 0.15) is 30.4 Å². The van der Waals surface area contributed by atoms with Gasteiger partial charge in [0.15, 0.2) is 5.69 Å². The largest absolute Gasteiger partial charge is 0.418 e. The second-order valence-electron chi connectivity index (χ2n) is 7.20. The molecule has 30 heavy (non-hydrogen) atoms. The lowest BCUT2D eigenvalue weighted by Gasteiger charge is -2.14. The molecule has 3 aromatic rings. The number of carbonyl (C=O) groups excluding carboxylic acids is 1. The minimum atomic E-state index is -4.37. The summed E-state index contributed by atoms with van der Waals surface area (Å²) in [6.07, 6.45) is -2.26. The van der Waals surface area contributed by atoms with Crippen LogP contribution in [0.25, 0.3) is 11.6 Å². The molecule has 1 amide bonds. The molecule has 7 nitrogen and oxygen atoms in total. The summed E-state index contributed by atoms with van der Waals surface area (Å²) in [7, 11) is 0. The summed E-state index contributed by atoms with van der Waals surface area (Å²) in [5.74, 6) is 0.202. The van der Waals surface area contributed by atoms with Crippen molar-refractivity contribution in [3.05, 3.63) is 59.6 Å². The summed E-state index contributed by atoms with van der Waals surface area (Å²) >= 11 is 0. The molecule has 0 saturated carbocycles. The normalized spacial score (nSPS) is 19.0. The second kappa shape index (κ2) is 7.43. The molecule has 1 fully saturated rings. The van der Waals surface area contributed by atoms with E-state index in [0.29, 0.717) is 29.9 Å². The van der Waals surface area contributed by atoms with Crippen molar-refractivity contribution >= 4 is 11.6 Å². The number of hydrogen-bond acceptors (Lipinski definition) is 6. The van der Waals surface area contributed by atoms with Gasteiger partial charge in [0, 0.05) is 19.3 Å². The Labute approximate surface area is 169 Å². The topological polar surface area (TPSA) is 92.9 Å². The average molecular weight is 417 g/mol. The predicted molar refractivity (Wildman–Crippen MR) is 101 cm³/mol. The molecule has 156 valence electrons.